The van der Waals surface area contributed by atoms with Gasteiger partial charge in [0.15, 0.2) is 0 Å². The van der Waals surface area contributed by atoms with E-state index < -0.39 is 0 Å². The third-order valence-corrected chi connectivity index (χ3v) is 3.30. The molecule has 0 aliphatic carbocycles. The molecule has 0 spiro atoms. The molecule has 0 aromatic carbocycles. The Morgan fingerprint density at radius 2 is 1.90 bits per heavy atom. The standard InChI is InChI=1S/C17H15N3/c1-3-5-6-13(4-2)20-16-8-10-18-11-15(16)14-7-9-19-12-17(14)20/h3-12H,2H2,1H3/b5-3-,13-6+. The molecule has 0 radical (unpaired) electrons. The van der Waals surface area contributed by atoms with Gasteiger partial charge in [-0.25, -0.2) is 0 Å². The molecule has 0 aliphatic heterocycles. The van der Waals surface area contributed by atoms with Crippen LogP contribution in [0.25, 0.3) is 27.5 Å². The molecule has 0 aliphatic rings. The first-order valence-corrected chi connectivity index (χ1v) is 6.50. The number of nitrogens with zero attached hydrogens (tertiary/aromatic N) is 3. The van der Waals surface area contributed by atoms with Gasteiger partial charge in [-0.05, 0) is 31.2 Å². The first-order chi connectivity index (χ1) is 9.86. The van der Waals surface area contributed by atoms with Crippen LogP contribution >= 0.6 is 0 Å². The molecule has 0 N–H and O–H groups in total. The Kier molecular flexibility index (Phi) is 3.17. The van der Waals surface area contributed by atoms with E-state index in [1.807, 2.05) is 68.1 Å². The summed E-state index contributed by atoms with van der Waals surface area (Å²) in [4.78, 5) is 8.48. The van der Waals surface area contributed by atoms with Gasteiger partial charge in [-0.15, -0.1) is 0 Å². The van der Waals surface area contributed by atoms with Gasteiger partial charge in [0.2, 0.25) is 0 Å². The summed E-state index contributed by atoms with van der Waals surface area (Å²) in [5.41, 5.74) is 3.19. The zero-order valence-corrected chi connectivity index (χ0v) is 11.3. The Morgan fingerprint density at radius 1 is 1.10 bits per heavy atom. The van der Waals surface area contributed by atoms with Crippen LogP contribution in [0.4, 0.5) is 0 Å². The van der Waals surface area contributed by atoms with Crippen LogP contribution in [0.1, 0.15) is 6.92 Å². The van der Waals surface area contributed by atoms with Crippen molar-refractivity contribution in [3.05, 3.63) is 67.8 Å². The van der Waals surface area contributed by atoms with Crippen LogP contribution in [0.5, 0.6) is 0 Å². The summed E-state index contributed by atoms with van der Waals surface area (Å²) in [7, 11) is 0. The topological polar surface area (TPSA) is 30.7 Å². The van der Waals surface area contributed by atoms with Gasteiger partial charge < -0.3 is 4.57 Å². The smallest absolute Gasteiger partial charge is 0.0725 e. The highest BCUT2D eigenvalue weighted by atomic mass is 15.0. The molecule has 0 bridgehead atoms. The molecule has 3 nitrogen and oxygen atoms in total. The molecular formula is C17H15N3. The molecule has 3 heteroatoms. The summed E-state index contributed by atoms with van der Waals surface area (Å²) in [5, 5.41) is 2.27. The van der Waals surface area contributed by atoms with Crippen molar-refractivity contribution in [2.45, 2.75) is 6.92 Å². The predicted molar refractivity (Wildman–Crippen MR) is 84.3 cm³/mol. The summed E-state index contributed by atoms with van der Waals surface area (Å²) in [6, 6.07) is 4.04. The van der Waals surface area contributed by atoms with Gasteiger partial charge in [0.25, 0.3) is 0 Å². The third-order valence-electron chi connectivity index (χ3n) is 3.30. The van der Waals surface area contributed by atoms with E-state index in [2.05, 4.69) is 21.1 Å². The average Bonchev–Trinajstić information content (AvgIpc) is 2.84. The number of allylic oxidation sites excluding steroid dienone is 5. The first kappa shape index (κ1) is 12.4. The van der Waals surface area contributed by atoms with E-state index in [1.54, 1.807) is 0 Å². The largest absolute Gasteiger partial charge is 0.308 e. The van der Waals surface area contributed by atoms with E-state index in [4.69, 9.17) is 0 Å². The Labute approximate surface area is 117 Å². The molecule has 3 aromatic rings. The van der Waals surface area contributed by atoms with Crippen molar-refractivity contribution >= 4 is 27.5 Å². The normalized spacial score (nSPS) is 12.6. The van der Waals surface area contributed by atoms with Gasteiger partial charge in [0, 0.05) is 35.1 Å². The highest BCUT2D eigenvalue weighted by Crippen LogP contribution is 2.30. The summed E-state index contributed by atoms with van der Waals surface area (Å²) in [6.45, 7) is 5.92. The SMILES string of the molecule is C=C/C(=C\C=C/C)n1c2ccncc2c2ccncc21. The maximum Gasteiger partial charge on any atom is 0.0725 e. The van der Waals surface area contributed by atoms with Crippen molar-refractivity contribution in [3.63, 3.8) is 0 Å². The average molecular weight is 261 g/mol. The summed E-state index contributed by atoms with van der Waals surface area (Å²) in [6.07, 6.45) is 15.3. The van der Waals surface area contributed by atoms with Crippen LogP contribution in [0.15, 0.2) is 67.8 Å². The van der Waals surface area contributed by atoms with Crippen LogP contribution in [0.2, 0.25) is 0 Å². The Balaban J connectivity index is 2.45. The van der Waals surface area contributed by atoms with Crippen LogP contribution in [-0.4, -0.2) is 14.5 Å². The van der Waals surface area contributed by atoms with E-state index >= 15 is 0 Å². The molecule has 0 saturated heterocycles. The molecule has 0 unspecified atom stereocenters. The molecular weight excluding hydrogens is 246 g/mol. The van der Waals surface area contributed by atoms with E-state index in [0.717, 1.165) is 27.5 Å². The van der Waals surface area contributed by atoms with Crippen molar-refractivity contribution in [1.29, 1.82) is 0 Å². The first-order valence-electron chi connectivity index (χ1n) is 6.50. The number of hydrogen-bond acceptors (Lipinski definition) is 2. The summed E-state index contributed by atoms with van der Waals surface area (Å²) in [5.74, 6) is 0. The second-order valence-corrected chi connectivity index (χ2v) is 4.44. The highest BCUT2D eigenvalue weighted by molar-refractivity contribution is 6.09. The van der Waals surface area contributed by atoms with Crippen molar-refractivity contribution in [3.8, 4) is 0 Å². The van der Waals surface area contributed by atoms with Crippen molar-refractivity contribution in [2.75, 3.05) is 0 Å². The van der Waals surface area contributed by atoms with E-state index in [-0.39, 0.29) is 0 Å². The quantitative estimate of drug-likeness (QED) is 0.662. The number of fused-ring (bicyclic) bond motifs is 3. The number of hydrogen-bond donors (Lipinski definition) is 0. The number of aromatic nitrogens is 3. The second kappa shape index (κ2) is 5.13. The molecule has 0 amide bonds. The Morgan fingerprint density at radius 3 is 2.70 bits per heavy atom. The maximum atomic E-state index is 4.24. The predicted octanol–water partition coefficient (Wildman–Crippen LogP) is 4.19. The fourth-order valence-corrected chi connectivity index (χ4v) is 2.42. The minimum Gasteiger partial charge on any atom is -0.308 e. The van der Waals surface area contributed by atoms with E-state index in [1.165, 1.54) is 0 Å². The lowest BCUT2D eigenvalue weighted by molar-refractivity contribution is 1.21. The van der Waals surface area contributed by atoms with Crippen LogP contribution < -0.4 is 0 Å². The van der Waals surface area contributed by atoms with Gasteiger partial charge in [-0.1, -0.05) is 18.7 Å². The van der Waals surface area contributed by atoms with E-state index in [0.29, 0.717) is 0 Å². The molecule has 3 rings (SSSR count). The van der Waals surface area contributed by atoms with Crippen LogP contribution in [0.3, 0.4) is 0 Å². The van der Waals surface area contributed by atoms with Gasteiger partial charge in [0.1, 0.15) is 0 Å². The molecule has 3 aromatic heterocycles. The Bertz CT molecular complexity index is 784. The van der Waals surface area contributed by atoms with Crippen molar-refractivity contribution in [2.24, 2.45) is 0 Å². The van der Waals surface area contributed by atoms with Crippen molar-refractivity contribution in [1.82, 2.24) is 14.5 Å². The minimum atomic E-state index is 1.02. The monoisotopic (exact) mass is 261 g/mol. The summed E-state index contributed by atoms with van der Waals surface area (Å²) < 4.78 is 2.16. The maximum absolute atomic E-state index is 4.24. The van der Waals surface area contributed by atoms with Crippen molar-refractivity contribution < 1.29 is 0 Å². The second-order valence-electron chi connectivity index (χ2n) is 4.44. The van der Waals surface area contributed by atoms with E-state index in [9.17, 15) is 0 Å². The van der Waals surface area contributed by atoms with Crippen LogP contribution in [-0.2, 0) is 0 Å². The number of rotatable bonds is 3. The third kappa shape index (κ3) is 1.84. The van der Waals surface area contributed by atoms with Gasteiger partial charge in [0.05, 0.1) is 17.2 Å². The molecule has 0 atom stereocenters. The fourth-order valence-electron chi connectivity index (χ4n) is 2.42. The lowest BCUT2D eigenvalue weighted by atomic mass is 10.2. The Hall–Kier alpha value is -2.68. The fraction of sp³-hybridized carbons (Fsp3) is 0.0588. The molecule has 0 fully saturated rings. The van der Waals surface area contributed by atoms with Gasteiger partial charge in [-0.3, -0.25) is 9.97 Å². The number of pyridine rings is 2. The lowest BCUT2D eigenvalue weighted by Gasteiger charge is -2.07. The molecule has 20 heavy (non-hydrogen) atoms. The molecule has 98 valence electrons. The lowest BCUT2D eigenvalue weighted by Crippen LogP contribution is -1.94. The zero-order chi connectivity index (χ0) is 13.9. The van der Waals surface area contributed by atoms with Gasteiger partial charge in [-0.2, -0.15) is 0 Å². The zero-order valence-electron chi connectivity index (χ0n) is 11.3. The molecule has 0 saturated carbocycles. The van der Waals surface area contributed by atoms with Gasteiger partial charge >= 0.3 is 0 Å². The molecule has 3 heterocycles. The minimum absolute atomic E-state index is 1.02. The highest BCUT2D eigenvalue weighted by Gasteiger charge is 2.11. The van der Waals surface area contributed by atoms with Crippen LogP contribution in [0, 0.1) is 0 Å². The summed E-state index contributed by atoms with van der Waals surface area (Å²) >= 11 is 0.